The minimum Gasteiger partial charge on any atom is -0.329 e. The number of hydrogen-bond acceptors (Lipinski definition) is 3. The van der Waals surface area contributed by atoms with Crippen LogP contribution in [-0.2, 0) is 0 Å². The Morgan fingerprint density at radius 1 is 1.19 bits per heavy atom. The van der Waals surface area contributed by atoms with E-state index in [2.05, 4.69) is 37.6 Å². The summed E-state index contributed by atoms with van der Waals surface area (Å²) < 4.78 is 0. The minimum atomic E-state index is 0.262. The second-order valence-electron chi connectivity index (χ2n) is 7.78. The molecule has 2 rings (SSSR count). The number of nitrogens with two attached hydrogens (primary N) is 1. The largest absolute Gasteiger partial charge is 0.329 e. The van der Waals surface area contributed by atoms with Gasteiger partial charge in [-0.25, -0.2) is 0 Å². The van der Waals surface area contributed by atoms with Crippen LogP contribution < -0.4 is 5.73 Å². The van der Waals surface area contributed by atoms with E-state index < -0.39 is 0 Å². The molecule has 2 N–H and O–H groups in total. The first-order chi connectivity index (χ1) is 10.0. The molecule has 1 aliphatic heterocycles. The van der Waals surface area contributed by atoms with Gasteiger partial charge in [-0.1, -0.05) is 33.6 Å². The third kappa shape index (κ3) is 3.46. The van der Waals surface area contributed by atoms with E-state index in [0.29, 0.717) is 6.04 Å². The van der Waals surface area contributed by atoms with Crippen molar-refractivity contribution in [1.29, 1.82) is 0 Å². The first-order valence-corrected chi connectivity index (χ1v) is 9.20. The molecule has 0 radical (unpaired) electrons. The highest BCUT2D eigenvalue weighted by Gasteiger charge is 2.47. The molecule has 3 heteroatoms. The number of hydrogen-bond donors (Lipinski definition) is 1. The van der Waals surface area contributed by atoms with Crippen LogP contribution in [0.2, 0.25) is 0 Å². The molecule has 2 aliphatic rings. The van der Waals surface area contributed by atoms with Gasteiger partial charge in [-0.3, -0.25) is 4.90 Å². The molecule has 1 saturated heterocycles. The lowest BCUT2D eigenvalue weighted by molar-refractivity contribution is -0.0399. The molecule has 0 aromatic rings. The second kappa shape index (κ2) is 7.43. The lowest BCUT2D eigenvalue weighted by Gasteiger charge is -2.55. The van der Waals surface area contributed by atoms with Crippen molar-refractivity contribution in [1.82, 2.24) is 9.80 Å². The Kier molecular flexibility index (Phi) is 6.10. The predicted octanol–water partition coefficient (Wildman–Crippen LogP) is 2.95. The van der Waals surface area contributed by atoms with Gasteiger partial charge in [0.25, 0.3) is 0 Å². The Balaban J connectivity index is 2.30. The maximum atomic E-state index is 6.44. The SMILES string of the molecule is CCC1CN(C)CCCN1C1(CN)CCCCC1C(C)C. The molecule has 0 aromatic carbocycles. The van der Waals surface area contributed by atoms with Crippen molar-refractivity contribution in [3.63, 3.8) is 0 Å². The van der Waals surface area contributed by atoms with Crippen molar-refractivity contribution in [2.24, 2.45) is 17.6 Å². The molecular formula is C18H37N3. The number of likely N-dealkylation sites (N-methyl/N-ethyl adjacent to an activating group) is 1. The topological polar surface area (TPSA) is 32.5 Å². The van der Waals surface area contributed by atoms with E-state index in [1.54, 1.807) is 0 Å². The van der Waals surface area contributed by atoms with E-state index in [1.165, 1.54) is 58.2 Å². The molecule has 1 saturated carbocycles. The summed E-state index contributed by atoms with van der Waals surface area (Å²) >= 11 is 0. The first kappa shape index (κ1) is 17.2. The van der Waals surface area contributed by atoms with Crippen molar-refractivity contribution >= 4 is 0 Å². The molecule has 0 bridgehead atoms. The molecule has 2 fully saturated rings. The van der Waals surface area contributed by atoms with Crippen LogP contribution in [-0.4, -0.2) is 54.6 Å². The van der Waals surface area contributed by atoms with Gasteiger partial charge < -0.3 is 10.6 Å². The monoisotopic (exact) mass is 295 g/mol. The Morgan fingerprint density at radius 3 is 2.57 bits per heavy atom. The van der Waals surface area contributed by atoms with Crippen LogP contribution in [0.15, 0.2) is 0 Å². The van der Waals surface area contributed by atoms with Gasteiger partial charge in [-0.2, -0.15) is 0 Å². The van der Waals surface area contributed by atoms with Crippen molar-refractivity contribution in [3.05, 3.63) is 0 Å². The predicted molar refractivity (Wildman–Crippen MR) is 91.5 cm³/mol. The van der Waals surface area contributed by atoms with Crippen LogP contribution in [0.25, 0.3) is 0 Å². The maximum Gasteiger partial charge on any atom is 0.0365 e. The molecular weight excluding hydrogens is 258 g/mol. The van der Waals surface area contributed by atoms with Gasteiger partial charge in [-0.15, -0.1) is 0 Å². The number of nitrogens with zero attached hydrogens (tertiary/aromatic N) is 2. The van der Waals surface area contributed by atoms with Crippen LogP contribution in [0.3, 0.4) is 0 Å². The molecule has 3 atom stereocenters. The third-order valence-corrected chi connectivity index (χ3v) is 6.17. The lowest BCUT2D eigenvalue weighted by Crippen LogP contribution is -2.64. The molecule has 3 nitrogen and oxygen atoms in total. The smallest absolute Gasteiger partial charge is 0.0365 e. The van der Waals surface area contributed by atoms with Gasteiger partial charge in [0.15, 0.2) is 0 Å². The molecule has 3 unspecified atom stereocenters. The van der Waals surface area contributed by atoms with Crippen molar-refractivity contribution in [3.8, 4) is 0 Å². The van der Waals surface area contributed by atoms with Gasteiger partial charge in [0.1, 0.15) is 0 Å². The zero-order valence-electron chi connectivity index (χ0n) is 14.8. The van der Waals surface area contributed by atoms with Crippen LogP contribution in [0.1, 0.15) is 59.3 Å². The van der Waals surface area contributed by atoms with Gasteiger partial charge in [0, 0.05) is 31.2 Å². The molecule has 0 aromatic heterocycles. The first-order valence-electron chi connectivity index (χ1n) is 9.20. The van der Waals surface area contributed by atoms with Crippen LogP contribution >= 0.6 is 0 Å². The summed E-state index contributed by atoms with van der Waals surface area (Å²) in [5, 5.41) is 0. The molecule has 1 aliphatic carbocycles. The molecule has 124 valence electrons. The van der Waals surface area contributed by atoms with E-state index >= 15 is 0 Å². The summed E-state index contributed by atoms with van der Waals surface area (Å²) in [7, 11) is 2.28. The standard InChI is InChI=1S/C18H37N3/c1-5-16-13-20(4)11-8-12-21(16)18(14-19)10-7-6-9-17(18)15(2)3/h15-17H,5-14,19H2,1-4H3. The Hall–Kier alpha value is -0.120. The Bertz CT molecular complexity index is 318. The normalized spacial score (nSPS) is 36.9. The van der Waals surface area contributed by atoms with Crippen molar-refractivity contribution in [2.75, 3.05) is 33.2 Å². The van der Waals surface area contributed by atoms with E-state index in [4.69, 9.17) is 5.73 Å². The fraction of sp³-hybridized carbons (Fsp3) is 1.00. The summed E-state index contributed by atoms with van der Waals surface area (Å²) in [6, 6.07) is 0.681. The Morgan fingerprint density at radius 2 is 1.95 bits per heavy atom. The summed E-state index contributed by atoms with van der Waals surface area (Å²) in [5.74, 6) is 1.51. The lowest BCUT2D eigenvalue weighted by atomic mass is 9.66. The van der Waals surface area contributed by atoms with E-state index in [0.717, 1.165) is 18.4 Å². The minimum absolute atomic E-state index is 0.262. The average molecular weight is 296 g/mol. The summed E-state index contributed by atoms with van der Waals surface area (Å²) in [6.07, 6.45) is 7.99. The van der Waals surface area contributed by atoms with Crippen LogP contribution in [0.5, 0.6) is 0 Å². The summed E-state index contributed by atoms with van der Waals surface area (Å²) in [5.41, 5.74) is 6.71. The fourth-order valence-electron chi connectivity index (χ4n) is 5.11. The highest BCUT2D eigenvalue weighted by molar-refractivity contribution is 5.03. The van der Waals surface area contributed by atoms with E-state index in [1.807, 2.05) is 0 Å². The zero-order valence-corrected chi connectivity index (χ0v) is 14.8. The van der Waals surface area contributed by atoms with Crippen LogP contribution in [0, 0.1) is 11.8 Å². The third-order valence-electron chi connectivity index (χ3n) is 6.17. The molecule has 21 heavy (non-hydrogen) atoms. The zero-order chi connectivity index (χ0) is 15.5. The Labute approximate surface area is 132 Å². The molecule has 0 spiro atoms. The second-order valence-corrected chi connectivity index (χ2v) is 7.78. The van der Waals surface area contributed by atoms with Gasteiger partial charge in [-0.05, 0) is 51.1 Å². The average Bonchev–Trinajstić information content (AvgIpc) is 2.68. The van der Waals surface area contributed by atoms with E-state index in [9.17, 15) is 0 Å². The summed E-state index contributed by atoms with van der Waals surface area (Å²) in [6.45, 7) is 11.7. The number of rotatable bonds is 4. The van der Waals surface area contributed by atoms with Crippen molar-refractivity contribution < 1.29 is 0 Å². The molecule has 0 amide bonds. The maximum absolute atomic E-state index is 6.44. The van der Waals surface area contributed by atoms with Gasteiger partial charge in [0.05, 0.1) is 0 Å². The highest BCUT2D eigenvalue weighted by atomic mass is 15.3. The summed E-state index contributed by atoms with van der Waals surface area (Å²) in [4.78, 5) is 5.38. The quantitative estimate of drug-likeness (QED) is 0.865. The van der Waals surface area contributed by atoms with Gasteiger partial charge in [0.2, 0.25) is 0 Å². The van der Waals surface area contributed by atoms with Crippen LogP contribution in [0.4, 0.5) is 0 Å². The van der Waals surface area contributed by atoms with Crippen molar-refractivity contribution in [2.45, 2.75) is 70.9 Å². The fourth-order valence-corrected chi connectivity index (χ4v) is 5.11. The van der Waals surface area contributed by atoms with E-state index in [-0.39, 0.29) is 5.54 Å². The highest BCUT2D eigenvalue weighted by Crippen LogP contribution is 2.43. The van der Waals surface area contributed by atoms with Gasteiger partial charge >= 0.3 is 0 Å². The molecule has 1 heterocycles.